The number of rotatable bonds is 3. The Morgan fingerprint density at radius 3 is 2.07 bits per heavy atom. The van der Waals surface area contributed by atoms with E-state index in [1.807, 2.05) is 21.9 Å². The molecule has 86 valence electrons. The molecule has 0 aliphatic rings. The fraction of sp³-hybridized carbons (Fsp3) is 0. The topological polar surface area (TPSA) is 193 Å². The van der Waals surface area contributed by atoms with Crippen LogP contribution in [-0.2, 0) is 0 Å². The highest BCUT2D eigenvalue weighted by molar-refractivity contribution is 5.78. The lowest BCUT2D eigenvalue weighted by atomic mass is 11.0. The first kappa shape index (κ1) is 12.7. The van der Waals surface area contributed by atoms with Crippen LogP contribution in [0.2, 0.25) is 0 Å². The number of nitrogens with two attached hydrogens (primary N) is 3. The van der Waals surface area contributed by atoms with Crippen molar-refractivity contribution >= 4 is 18.1 Å². The molecule has 0 radical (unpaired) electrons. The second-order valence-corrected chi connectivity index (χ2v) is 1.99. The molecule has 0 aromatic rings. The summed E-state index contributed by atoms with van der Waals surface area (Å²) in [6, 6.07) is -2.91. The maximum atomic E-state index is 10.9. The van der Waals surface area contributed by atoms with Gasteiger partial charge in [-0.1, -0.05) is 0 Å². The van der Waals surface area contributed by atoms with E-state index in [1.165, 1.54) is 0 Å². The number of urea groups is 3. The van der Waals surface area contributed by atoms with Crippen molar-refractivity contribution in [2.24, 2.45) is 17.3 Å². The van der Waals surface area contributed by atoms with E-state index < -0.39 is 18.1 Å². The first-order chi connectivity index (χ1) is 6.97. The third kappa shape index (κ3) is 5.86. The predicted molar refractivity (Wildman–Crippen MR) is 46.3 cm³/mol. The summed E-state index contributed by atoms with van der Waals surface area (Å²) in [5.74, 6) is 4.77. The molecular weight excluding hydrogens is 210 g/mol. The number of hydrazine groups is 5. The standard InChI is InChI=1S/C3H11N9O3/c4-1(13)8-10-11-12(3(15)7-6)9-2(5)14/h10-11H,6H2,(H,7,15)(H3,4,8,13)(H3,5,9,14). The molecule has 6 amide bonds. The largest absolute Gasteiger partial charge is 0.366 e. The van der Waals surface area contributed by atoms with Crippen LogP contribution in [0.4, 0.5) is 14.4 Å². The Kier molecular flexibility index (Phi) is 5.24. The lowest BCUT2D eigenvalue weighted by Gasteiger charge is -2.21. The quantitative estimate of drug-likeness (QED) is 0.136. The molecule has 0 aromatic heterocycles. The summed E-state index contributed by atoms with van der Waals surface area (Å²) in [5.41, 5.74) is 18.7. The summed E-state index contributed by atoms with van der Waals surface area (Å²) in [4.78, 5) is 31.5. The summed E-state index contributed by atoms with van der Waals surface area (Å²) in [7, 11) is 0. The van der Waals surface area contributed by atoms with Gasteiger partial charge in [0.05, 0.1) is 0 Å². The number of hydrogen-bond donors (Lipinski definition) is 8. The summed E-state index contributed by atoms with van der Waals surface area (Å²) >= 11 is 0. The molecule has 11 N–H and O–H groups in total. The Morgan fingerprint density at radius 1 is 1.07 bits per heavy atom. The van der Waals surface area contributed by atoms with Crippen LogP contribution in [0, 0.1) is 0 Å². The lowest BCUT2D eigenvalue weighted by molar-refractivity contribution is 0.113. The second kappa shape index (κ2) is 6.19. The fourth-order valence-electron chi connectivity index (χ4n) is 0.450. The van der Waals surface area contributed by atoms with E-state index in [9.17, 15) is 14.4 Å². The zero-order valence-electron chi connectivity index (χ0n) is 7.40. The molecule has 0 bridgehead atoms. The zero-order valence-corrected chi connectivity index (χ0v) is 7.40. The molecule has 12 nitrogen and oxygen atoms in total. The van der Waals surface area contributed by atoms with Gasteiger partial charge < -0.3 is 11.5 Å². The molecule has 0 aliphatic heterocycles. The summed E-state index contributed by atoms with van der Waals surface area (Å²) in [6.45, 7) is 0. The lowest BCUT2D eigenvalue weighted by Crippen LogP contribution is -2.66. The Hall–Kier alpha value is -2.31. The van der Waals surface area contributed by atoms with Crippen molar-refractivity contribution in [3.8, 4) is 0 Å². The van der Waals surface area contributed by atoms with E-state index >= 15 is 0 Å². The van der Waals surface area contributed by atoms with E-state index in [0.29, 0.717) is 5.12 Å². The molecule has 12 heteroatoms. The first-order valence-electron chi connectivity index (χ1n) is 3.40. The van der Waals surface area contributed by atoms with Crippen LogP contribution in [0.5, 0.6) is 0 Å². The average Bonchev–Trinajstić information content (AvgIpc) is 2.14. The number of carbonyl (C=O) groups is 3. The smallest absolute Gasteiger partial charge is 0.351 e. The van der Waals surface area contributed by atoms with Crippen LogP contribution in [0.25, 0.3) is 0 Å². The number of hydrogen-bond acceptors (Lipinski definition) is 6. The summed E-state index contributed by atoms with van der Waals surface area (Å²) in [5, 5.41) is 0.429. The molecular formula is C3H11N9O3. The summed E-state index contributed by atoms with van der Waals surface area (Å²) in [6.07, 6.45) is 0. The molecule has 0 saturated carbocycles. The number of carbonyl (C=O) groups excluding carboxylic acids is 3. The molecule has 0 fully saturated rings. The molecule has 0 spiro atoms. The van der Waals surface area contributed by atoms with Crippen LogP contribution >= 0.6 is 0 Å². The van der Waals surface area contributed by atoms with Crippen LogP contribution in [0.1, 0.15) is 0 Å². The first-order valence-corrected chi connectivity index (χ1v) is 3.40. The van der Waals surface area contributed by atoms with E-state index in [4.69, 9.17) is 11.6 Å². The number of amides is 6. The van der Waals surface area contributed by atoms with Gasteiger partial charge in [0.25, 0.3) is 0 Å². The molecule has 0 aromatic carbocycles. The average molecular weight is 221 g/mol. The molecule has 0 aliphatic carbocycles. The van der Waals surface area contributed by atoms with Crippen molar-refractivity contribution in [3.05, 3.63) is 0 Å². The highest BCUT2D eigenvalue weighted by atomic mass is 16.2. The molecule has 0 unspecified atom stereocenters. The Morgan fingerprint density at radius 2 is 1.67 bits per heavy atom. The van der Waals surface area contributed by atoms with Crippen molar-refractivity contribution in [2.45, 2.75) is 0 Å². The van der Waals surface area contributed by atoms with E-state index in [-0.39, 0.29) is 0 Å². The number of nitrogens with one attached hydrogen (secondary N) is 5. The van der Waals surface area contributed by atoms with Gasteiger partial charge in [0.1, 0.15) is 0 Å². The molecule has 0 atom stereocenters. The third-order valence-electron chi connectivity index (χ3n) is 0.902. The normalized spacial score (nSPS) is 8.87. The van der Waals surface area contributed by atoms with Crippen molar-refractivity contribution < 1.29 is 14.4 Å². The SMILES string of the molecule is NNC(=O)N(NNNC(N)=O)NC(N)=O. The van der Waals surface area contributed by atoms with Crippen molar-refractivity contribution in [3.63, 3.8) is 0 Å². The van der Waals surface area contributed by atoms with Crippen LogP contribution in [0.3, 0.4) is 0 Å². The van der Waals surface area contributed by atoms with Gasteiger partial charge in [-0.25, -0.2) is 25.7 Å². The maximum absolute atomic E-state index is 10.9. The minimum Gasteiger partial charge on any atom is -0.351 e. The van der Waals surface area contributed by atoms with Gasteiger partial charge in [0.15, 0.2) is 0 Å². The molecule has 0 saturated heterocycles. The van der Waals surface area contributed by atoms with Crippen LogP contribution < -0.4 is 44.7 Å². The highest BCUT2D eigenvalue weighted by Gasteiger charge is 2.12. The highest BCUT2D eigenvalue weighted by Crippen LogP contribution is 1.73. The fourth-order valence-corrected chi connectivity index (χ4v) is 0.450. The Balaban J connectivity index is 4.07. The molecule has 0 rings (SSSR count). The number of nitrogens with zero attached hydrogens (tertiary/aromatic N) is 1. The van der Waals surface area contributed by atoms with Crippen molar-refractivity contribution in [1.82, 2.24) is 32.5 Å². The zero-order chi connectivity index (χ0) is 11.8. The van der Waals surface area contributed by atoms with Crippen LogP contribution in [-0.4, -0.2) is 23.2 Å². The van der Waals surface area contributed by atoms with Gasteiger partial charge in [-0.3, -0.25) is 10.9 Å². The maximum Gasteiger partial charge on any atom is 0.366 e. The van der Waals surface area contributed by atoms with Crippen LogP contribution in [0.15, 0.2) is 0 Å². The van der Waals surface area contributed by atoms with Gasteiger partial charge in [0.2, 0.25) is 0 Å². The molecule has 15 heavy (non-hydrogen) atoms. The third-order valence-corrected chi connectivity index (χ3v) is 0.902. The van der Waals surface area contributed by atoms with E-state index in [1.54, 1.807) is 5.43 Å². The Bertz CT molecular complexity index is 253. The van der Waals surface area contributed by atoms with Gasteiger partial charge in [-0.2, -0.15) is 0 Å². The van der Waals surface area contributed by atoms with Crippen molar-refractivity contribution in [1.29, 1.82) is 0 Å². The Labute approximate surface area is 83.3 Å². The second-order valence-electron chi connectivity index (χ2n) is 1.99. The van der Waals surface area contributed by atoms with E-state index in [2.05, 4.69) is 5.73 Å². The summed E-state index contributed by atoms with van der Waals surface area (Å²) < 4.78 is 0. The number of primary amides is 2. The van der Waals surface area contributed by atoms with E-state index in [0.717, 1.165) is 0 Å². The minimum atomic E-state index is -1.04. The predicted octanol–water partition coefficient (Wildman–Crippen LogP) is -3.95. The van der Waals surface area contributed by atoms with Gasteiger partial charge in [-0.05, 0) is 0 Å². The van der Waals surface area contributed by atoms with Gasteiger partial charge >= 0.3 is 18.1 Å². The minimum absolute atomic E-state index is 0.429. The monoisotopic (exact) mass is 221 g/mol. The van der Waals surface area contributed by atoms with Crippen molar-refractivity contribution in [2.75, 3.05) is 0 Å². The molecule has 0 heterocycles. The van der Waals surface area contributed by atoms with Gasteiger partial charge in [0, 0.05) is 0 Å². The van der Waals surface area contributed by atoms with Gasteiger partial charge in [-0.15, -0.1) is 16.2 Å².